The molecule has 6 unspecified atom stereocenters. The van der Waals surface area contributed by atoms with Crippen LogP contribution in [0, 0.1) is 11.6 Å². The number of aliphatic hydroxyl groups excluding tert-OH is 1. The Morgan fingerprint density at radius 2 is 1.95 bits per heavy atom. The van der Waals surface area contributed by atoms with E-state index in [4.69, 9.17) is 37.2 Å². The summed E-state index contributed by atoms with van der Waals surface area (Å²) in [7, 11) is -16.9. The Labute approximate surface area is 217 Å². The summed E-state index contributed by atoms with van der Waals surface area (Å²) in [5, 5.41) is 13.2. The van der Waals surface area contributed by atoms with Gasteiger partial charge in [0.25, 0.3) is 0 Å². The molecule has 1 aliphatic rings. The van der Waals surface area contributed by atoms with Gasteiger partial charge < -0.3 is 50.2 Å². The van der Waals surface area contributed by atoms with Crippen LogP contribution in [-0.4, -0.2) is 88.3 Å². The first-order chi connectivity index (χ1) is 17.5. The summed E-state index contributed by atoms with van der Waals surface area (Å²) >= 11 is 5.20. The average molecular weight is 624 g/mol. The van der Waals surface area contributed by atoms with Crippen molar-refractivity contribution in [1.82, 2.24) is 24.8 Å². The van der Waals surface area contributed by atoms with Crippen molar-refractivity contribution in [3.05, 3.63) is 16.8 Å². The highest BCUT2D eigenvalue weighted by Gasteiger charge is 2.49. The molecule has 9 N–H and O–H groups in total. The number of rotatable bonds is 11. The molecule has 2 aromatic rings. The van der Waals surface area contributed by atoms with Gasteiger partial charge in [-0.05, 0) is 6.92 Å². The van der Waals surface area contributed by atoms with Crippen LogP contribution in [0.3, 0.4) is 0 Å². The molecule has 3 rings (SSSR count). The largest absolute Gasteiger partial charge is 0.490 e. The van der Waals surface area contributed by atoms with Crippen molar-refractivity contribution in [3.63, 3.8) is 0 Å². The Bertz CT molecular complexity index is 1380. The van der Waals surface area contributed by atoms with Crippen molar-refractivity contribution in [2.75, 3.05) is 19.7 Å². The zero-order valence-electron chi connectivity index (χ0n) is 19.1. The summed E-state index contributed by atoms with van der Waals surface area (Å²) < 4.78 is 58.7. The number of hydrogen-bond donors (Lipinski definition) is 8. The number of nitrogens with one attached hydrogen (secondary N) is 2. The monoisotopic (exact) mass is 624 g/mol. The molecular weight excluding hydrogens is 601 g/mol. The van der Waals surface area contributed by atoms with Crippen LogP contribution in [-0.2, 0) is 36.3 Å². The molecule has 6 atom stereocenters. The van der Waals surface area contributed by atoms with Crippen molar-refractivity contribution in [3.8, 4) is 0 Å². The van der Waals surface area contributed by atoms with Gasteiger partial charge in [0.1, 0.15) is 28.2 Å². The van der Waals surface area contributed by atoms with Crippen LogP contribution in [0.4, 0.5) is 4.79 Å². The van der Waals surface area contributed by atoms with Crippen LogP contribution in [0.25, 0.3) is 11.2 Å². The van der Waals surface area contributed by atoms with E-state index in [0.29, 0.717) is 5.82 Å². The van der Waals surface area contributed by atoms with Gasteiger partial charge in [-0.15, -0.1) is 0 Å². The van der Waals surface area contributed by atoms with E-state index < -0.39 is 60.7 Å². The maximum absolute atomic E-state index is 12.1. The number of aliphatic hydroxyl groups is 1. The van der Waals surface area contributed by atoms with E-state index in [2.05, 4.69) is 33.4 Å². The standard InChI is InChI=1S/C14H23N6O14P3S/c1-6-18-11-8(12(38)19-6)17-5-20(11)13-9(21)10(32-14(22)16-3-2-15)7(31-13)4-30-36(26,27)34-37(28,29)33-35(23,24)25/h5,7,9-10,13,21H,2-4,15H2,1H3,(H,16,22)(H,26,27)(H,28,29)(H,18,19,38)(H2,23,24,25). The minimum atomic E-state index is -5.78. The highest BCUT2D eigenvalue weighted by molar-refractivity contribution is 7.71. The fraction of sp³-hybridized carbons (Fsp3) is 0.571. The fourth-order valence-electron chi connectivity index (χ4n) is 3.26. The number of H-pyrrole nitrogens is 1. The number of aromatic nitrogens is 4. The minimum Gasteiger partial charge on any atom is -0.440 e. The molecule has 1 saturated heterocycles. The third kappa shape index (κ3) is 7.93. The first-order valence-electron chi connectivity index (χ1n) is 10.2. The number of ether oxygens (including phenoxy) is 2. The molecular formula is C14H23N6O14P3S. The maximum Gasteiger partial charge on any atom is 0.490 e. The number of nitrogens with two attached hydrogens (primary N) is 1. The van der Waals surface area contributed by atoms with E-state index >= 15 is 0 Å². The highest BCUT2D eigenvalue weighted by atomic mass is 32.1. The van der Waals surface area contributed by atoms with Crippen LogP contribution < -0.4 is 11.1 Å². The SMILES string of the molecule is Cc1nc2c(ncn2C2OC(COP(=O)(O)OP(=O)(O)OP(=O)(O)O)C(OC(=O)NCCN)C2O)c(=S)[nH]1. The van der Waals surface area contributed by atoms with Crippen LogP contribution in [0.5, 0.6) is 0 Å². The van der Waals surface area contributed by atoms with Gasteiger partial charge in [-0.1, -0.05) is 12.2 Å². The number of phosphoric ester groups is 1. The van der Waals surface area contributed by atoms with Gasteiger partial charge in [-0.25, -0.2) is 28.5 Å². The molecule has 0 aromatic carbocycles. The predicted molar refractivity (Wildman–Crippen MR) is 125 cm³/mol. The molecule has 1 aliphatic heterocycles. The number of imidazole rings is 1. The molecule has 3 heterocycles. The lowest BCUT2D eigenvalue weighted by atomic mass is 10.1. The summed E-state index contributed by atoms with van der Waals surface area (Å²) in [6, 6.07) is 0. The van der Waals surface area contributed by atoms with E-state index in [-0.39, 0.29) is 28.9 Å². The zero-order chi connectivity index (χ0) is 28.5. The number of aromatic amines is 1. The summed E-state index contributed by atoms with van der Waals surface area (Å²) in [4.78, 5) is 59.6. The van der Waals surface area contributed by atoms with Gasteiger partial charge in [0.2, 0.25) is 0 Å². The van der Waals surface area contributed by atoms with E-state index in [1.54, 1.807) is 6.92 Å². The maximum atomic E-state index is 12.1. The Balaban J connectivity index is 1.84. The Morgan fingerprint density at radius 3 is 2.58 bits per heavy atom. The Kier molecular flexibility index (Phi) is 9.61. The lowest BCUT2D eigenvalue weighted by Gasteiger charge is -2.22. The van der Waals surface area contributed by atoms with Gasteiger partial charge in [-0.2, -0.15) is 8.62 Å². The summed E-state index contributed by atoms with van der Waals surface area (Å²) in [5.74, 6) is 0.398. The molecule has 1 amide bonds. The number of alkyl carbamates (subject to hydrolysis) is 1. The van der Waals surface area contributed by atoms with E-state index in [1.165, 1.54) is 10.9 Å². The molecule has 214 valence electrons. The number of aryl methyl sites for hydroxylation is 1. The van der Waals surface area contributed by atoms with Gasteiger partial charge in [0.05, 0.1) is 12.9 Å². The van der Waals surface area contributed by atoms with Crippen molar-refractivity contribution < 1.29 is 65.8 Å². The van der Waals surface area contributed by atoms with E-state index in [0.717, 1.165) is 0 Å². The Hall–Kier alpha value is -1.67. The van der Waals surface area contributed by atoms with Crippen molar-refractivity contribution in [2.45, 2.75) is 31.5 Å². The van der Waals surface area contributed by atoms with Crippen molar-refractivity contribution in [2.24, 2.45) is 5.73 Å². The number of nitrogens with zero attached hydrogens (tertiary/aromatic N) is 3. The third-order valence-corrected chi connectivity index (χ3v) is 8.71. The molecule has 0 saturated carbocycles. The molecule has 38 heavy (non-hydrogen) atoms. The normalized spacial score (nSPS) is 25.1. The smallest absolute Gasteiger partial charge is 0.440 e. The second-order valence-electron chi connectivity index (χ2n) is 7.50. The molecule has 24 heteroatoms. The number of amides is 1. The second-order valence-corrected chi connectivity index (χ2v) is 12.3. The van der Waals surface area contributed by atoms with Crippen LogP contribution in [0.15, 0.2) is 6.33 Å². The number of hydrogen-bond acceptors (Lipinski definition) is 14. The lowest BCUT2D eigenvalue weighted by Crippen LogP contribution is -2.42. The van der Waals surface area contributed by atoms with Crippen LogP contribution >= 0.6 is 35.7 Å². The number of carbonyl (C=O) groups is 1. The van der Waals surface area contributed by atoms with Crippen LogP contribution in [0.2, 0.25) is 0 Å². The van der Waals surface area contributed by atoms with Gasteiger partial charge in [0, 0.05) is 13.1 Å². The quantitative estimate of drug-likeness (QED) is 0.115. The Morgan fingerprint density at radius 1 is 1.26 bits per heavy atom. The van der Waals surface area contributed by atoms with Gasteiger partial charge in [0.15, 0.2) is 18.0 Å². The van der Waals surface area contributed by atoms with E-state index in [1.807, 2.05) is 0 Å². The highest BCUT2D eigenvalue weighted by Crippen LogP contribution is 2.66. The second kappa shape index (κ2) is 11.8. The fourth-order valence-corrected chi connectivity index (χ4v) is 6.58. The molecule has 0 spiro atoms. The summed E-state index contributed by atoms with van der Waals surface area (Å²) in [6.07, 6.45) is -5.90. The molecule has 0 bridgehead atoms. The molecule has 0 aliphatic carbocycles. The minimum absolute atomic E-state index is 0.00556. The third-order valence-electron chi connectivity index (χ3n) is 4.61. The predicted octanol–water partition coefficient (Wildman–Crippen LogP) is -0.548. The number of carbonyl (C=O) groups excluding carboxylic acids is 1. The van der Waals surface area contributed by atoms with Crippen LogP contribution in [0.1, 0.15) is 12.1 Å². The van der Waals surface area contributed by atoms with Crippen molar-refractivity contribution >= 4 is 52.9 Å². The molecule has 2 aromatic heterocycles. The topological polar surface area (TPSA) is 300 Å². The van der Waals surface area contributed by atoms with Crippen molar-refractivity contribution in [1.29, 1.82) is 0 Å². The van der Waals surface area contributed by atoms with Gasteiger partial charge >= 0.3 is 29.6 Å². The molecule has 20 nitrogen and oxygen atoms in total. The van der Waals surface area contributed by atoms with E-state index in [9.17, 15) is 33.4 Å². The van der Waals surface area contributed by atoms with Gasteiger partial charge in [-0.3, -0.25) is 9.09 Å². The number of phosphoric acid groups is 3. The molecule has 0 radical (unpaired) electrons. The first-order valence-corrected chi connectivity index (χ1v) is 15.1. The molecule has 1 fully saturated rings. The summed E-state index contributed by atoms with van der Waals surface area (Å²) in [5.41, 5.74) is 5.74. The lowest BCUT2D eigenvalue weighted by molar-refractivity contribution is -0.0508. The summed E-state index contributed by atoms with van der Waals surface area (Å²) in [6.45, 7) is 0.665. The number of fused-ring (bicyclic) bond motifs is 1. The average Bonchev–Trinajstić information content (AvgIpc) is 3.29. The first kappa shape index (κ1) is 30.9. The zero-order valence-corrected chi connectivity index (χ0v) is 22.6.